The van der Waals surface area contributed by atoms with Gasteiger partial charge in [0, 0.05) is 49.1 Å². The maximum atomic E-state index is 12.5. The summed E-state index contributed by atoms with van der Waals surface area (Å²) >= 11 is 6.09. The van der Waals surface area contributed by atoms with E-state index in [1.54, 1.807) is 11.7 Å². The van der Waals surface area contributed by atoms with E-state index in [0.29, 0.717) is 10.6 Å². The second-order valence-corrected chi connectivity index (χ2v) is 6.14. The van der Waals surface area contributed by atoms with Crippen LogP contribution in [0.25, 0.3) is 0 Å². The van der Waals surface area contributed by atoms with Gasteiger partial charge >= 0.3 is 0 Å². The van der Waals surface area contributed by atoms with Crippen LogP contribution in [0.2, 0.25) is 5.02 Å². The standard InChI is InChI=1S/C16H19ClN4O3/c1-10-14(11(2)20(4)18-10)8-16(22)19(3)9-12-7-13(21(23)24)5-6-15(12)17/h5-7H,8-9H2,1-4H3. The third-order valence-corrected chi connectivity index (χ3v) is 4.43. The normalized spacial score (nSPS) is 10.7. The predicted molar refractivity (Wildman–Crippen MR) is 91.0 cm³/mol. The van der Waals surface area contributed by atoms with Gasteiger partial charge in [0.2, 0.25) is 5.91 Å². The van der Waals surface area contributed by atoms with Crippen molar-refractivity contribution in [1.29, 1.82) is 0 Å². The Bertz CT molecular complexity index is 801. The van der Waals surface area contributed by atoms with Crippen molar-refractivity contribution in [3.05, 3.63) is 55.9 Å². The van der Waals surface area contributed by atoms with Gasteiger partial charge in [0.1, 0.15) is 0 Å². The highest BCUT2D eigenvalue weighted by Crippen LogP contribution is 2.23. The molecule has 2 aromatic rings. The Labute approximate surface area is 145 Å². The number of rotatable bonds is 5. The molecular formula is C16H19ClN4O3. The molecule has 0 aliphatic carbocycles. The SMILES string of the molecule is Cc1nn(C)c(C)c1CC(=O)N(C)Cc1cc([N+](=O)[O-])ccc1Cl. The zero-order chi connectivity index (χ0) is 18.0. The van der Waals surface area contributed by atoms with E-state index >= 15 is 0 Å². The Kier molecular flexibility index (Phi) is 5.23. The summed E-state index contributed by atoms with van der Waals surface area (Å²) < 4.78 is 1.75. The molecule has 1 heterocycles. The van der Waals surface area contributed by atoms with Crippen molar-refractivity contribution in [2.75, 3.05) is 7.05 Å². The molecule has 8 heteroatoms. The Morgan fingerprint density at radius 3 is 2.62 bits per heavy atom. The van der Waals surface area contributed by atoms with Crippen LogP contribution in [0.3, 0.4) is 0 Å². The van der Waals surface area contributed by atoms with Crippen molar-refractivity contribution in [2.24, 2.45) is 7.05 Å². The number of aryl methyl sites for hydroxylation is 2. The zero-order valence-electron chi connectivity index (χ0n) is 14.0. The van der Waals surface area contributed by atoms with Crippen LogP contribution in [-0.4, -0.2) is 32.6 Å². The number of nitro benzene ring substituents is 1. The van der Waals surface area contributed by atoms with E-state index in [0.717, 1.165) is 17.0 Å². The Morgan fingerprint density at radius 2 is 2.08 bits per heavy atom. The average Bonchev–Trinajstić information content (AvgIpc) is 2.75. The summed E-state index contributed by atoms with van der Waals surface area (Å²) in [5, 5.41) is 15.6. The van der Waals surface area contributed by atoms with Crippen LogP contribution in [0.4, 0.5) is 5.69 Å². The van der Waals surface area contributed by atoms with Crippen LogP contribution in [0.15, 0.2) is 18.2 Å². The van der Waals surface area contributed by atoms with Gasteiger partial charge in [-0.05, 0) is 25.5 Å². The molecule has 2 rings (SSSR count). The first-order chi connectivity index (χ1) is 11.2. The Balaban J connectivity index is 2.14. The molecule has 0 aliphatic heterocycles. The van der Waals surface area contributed by atoms with Crippen molar-refractivity contribution in [2.45, 2.75) is 26.8 Å². The first-order valence-corrected chi connectivity index (χ1v) is 7.74. The van der Waals surface area contributed by atoms with Gasteiger partial charge in [0.05, 0.1) is 17.0 Å². The van der Waals surface area contributed by atoms with Crippen molar-refractivity contribution in [3.8, 4) is 0 Å². The number of benzene rings is 1. The zero-order valence-corrected chi connectivity index (χ0v) is 14.8. The highest BCUT2D eigenvalue weighted by atomic mass is 35.5. The largest absolute Gasteiger partial charge is 0.341 e. The number of hydrogen-bond acceptors (Lipinski definition) is 4. The summed E-state index contributed by atoms with van der Waals surface area (Å²) in [6.07, 6.45) is 0.231. The minimum atomic E-state index is -0.482. The van der Waals surface area contributed by atoms with Gasteiger partial charge in [-0.1, -0.05) is 11.6 Å². The van der Waals surface area contributed by atoms with Gasteiger partial charge in [0.25, 0.3) is 5.69 Å². The fraction of sp³-hybridized carbons (Fsp3) is 0.375. The van der Waals surface area contributed by atoms with Crippen LogP contribution in [-0.2, 0) is 24.8 Å². The molecule has 24 heavy (non-hydrogen) atoms. The van der Waals surface area contributed by atoms with Crippen molar-refractivity contribution < 1.29 is 9.72 Å². The summed E-state index contributed by atoms with van der Waals surface area (Å²) in [5.41, 5.74) is 3.17. The minimum absolute atomic E-state index is 0.0470. The van der Waals surface area contributed by atoms with Gasteiger partial charge in [-0.3, -0.25) is 19.6 Å². The maximum absolute atomic E-state index is 12.5. The molecule has 7 nitrogen and oxygen atoms in total. The molecule has 1 aromatic heterocycles. The fourth-order valence-electron chi connectivity index (χ4n) is 2.50. The molecule has 0 saturated heterocycles. The lowest BCUT2D eigenvalue weighted by Crippen LogP contribution is -2.28. The van der Waals surface area contributed by atoms with E-state index < -0.39 is 4.92 Å². The van der Waals surface area contributed by atoms with Crippen LogP contribution in [0, 0.1) is 24.0 Å². The first-order valence-electron chi connectivity index (χ1n) is 7.36. The summed E-state index contributed by atoms with van der Waals surface area (Å²) in [6.45, 7) is 3.99. The number of nitro groups is 1. The summed E-state index contributed by atoms with van der Waals surface area (Å²) in [5.74, 6) is -0.100. The number of non-ortho nitro benzene ring substituents is 1. The number of halogens is 1. The Hall–Kier alpha value is -2.41. The first kappa shape index (κ1) is 17.9. The maximum Gasteiger partial charge on any atom is 0.269 e. The number of likely N-dealkylation sites (N-methyl/N-ethyl adjacent to an activating group) is 1. The molecule has 0 N–H and O–H groups in total. The average molecular weight is 351 g/mol. The quantitative estimate of drug-likeness (QED) is 0.613. The fourth-order valence-corrected chi connectivity index (χ4v) is 2.68. The lowest BCUT2D eigenvalue weighted by atomic mass is 10.1. The molecule has 0 aliphatic rings. The van der Waals surface area contributed by atoms with E-state index in [1.165, 1.54) is 23.1 Å². The second-order valence-electron chi connectivity index (χ2n) is 5.73. The number of aromatic nitrogens is 2. The van der Waals surface area contributed by atoms with Crippen LogP contribution >= 0.6 is 11.6 Å². The topological polar surface area (TPSA) is 81.3 Å². The molecule has 1 aromatic carbocycles. The minimum Gasteiger partial charge on any atom is -0.341 e. The monoisotopic (exact) mass is 350 g/mol. The van der Waals surface area contributed by atoms with Crippen molar-refractivity contribution in [3.63, 3.8) is 0 Å². The van der Waals surface area contributed by atoms with E-state index in [-0.39, 0.29) is 24.6 Å². The Morgan fingerprint density at radius 1 is 1.42 bits per heavy atom. The van der Waals surface area contributed by atoms with Crippen LogP contribution in [0.1, 0.15) is 22.5 Å². The summed E-state index contributed by atoms with van der Waals surface area (Å²) in [7, 11) is 3.49. The number of nitrogens with zero attached hydrogens (tertiary/aromatic N) is 4. The molecule has 0 bridgehead atoms. The summed E-state index contributed by atoms with van der Waals surface area (Å²) in [6, 6.07) is 4.21. The van der Waals surface area contributed by atoms with Gasteiger partial charge in [0.15, 0.2) is 0 Å². The van der Waals surface area contributed by atoms with E-state index in [4.69, 9.17) is 11.6 Å². The van der Waals surface area contributed by atoms with Crippen LogP contribution in [0.5, 0.6) is 0 Å². The van der Waals surface area contributed by atoms with Crippen molar-refractivity contribution >= 4 is 23.2 Å². The lowest BCUT2D eigenvalue weighted by Gasteiger charge is -2.18. The molecule has 0 fully saturated rings. The number of amides is 1. The number of carbonyl (C=O) groups excluding carboxylic acids is 1. The highest BCUT2D eigenvalue weighted by molar-refractivity contribution is 6.31. The van der Waals surface area contributed by atoms with E-state index in [2.05, 4.69) is 5.10 Å². The molecule has 0 saturated carbocycles. The number of carbonyl (C=O) groups is 1. The third-order valence-electron chi connectivity index (χ3n) is 4.06. The lowest BCUT2D eigenvalue weighted by molar-refractivity contribution is -0.384. The molecule has 0 spiro atoms. The molecule has 0 atom stereocenters. The molecule has 1 amide bonds. The van der Waals surface area contributed by atoms with E-state index in [9.17, 15) is 14.9 Å². The van der Waals surface area contributed by atoms with E-state index in [1.807, 2.05) is 20.9 Å². The van der Waals surface area contributed by atoms with Crippen molar-refractivity contribution in [1.82, 2.24) is 14.7 Å². The smallest absolute Gasteiger partial charge is 0.269 e. The number of hydrogen-bond donors (Lipinski definition) is 0. The highest BCUT2D eigenvalue weighted by Gasteiger charge is 2.18. The molecular weight excluding hydrogens is 332 g/mol. The second kappa shape index (κ2) is 7.00. The van der Waals surface area contributed by atoms with Gasteiger partial charge in [-0.15, -0.1) is 0 Å². The predicted octanol–water partition coefficient (Wildman–Crippen LogP) is 2.80. The van der Waals surface area contributed by atoms with Gasteiger partial charge < -0.3 is 4.90 Å². The third kappa shape index (κ3) is 3.73. The molecule has 128 valence electrons. The van der Waals surface area contributed by atoms with Crippen LogP contribution < -0.4 is 0 Å². The van der Waals surface area contributed by atoms with Gasteiger partial charge in [-0.25, -0.2) is 0 Å². The molecule has 0 radical (unpaired) electrons. The van der Waals surface area contributed by atoms with Gasteiger partial charge in [-0.2, -0.15) is 5.10 Å². The summed E-state index contributed by atoms with van der Waals surface area (Å²) in [4.78, 5) is 24.4. The molecule has 0 unspecified atom stereocenters.